The van der Waals surface area contributed by atoms with Gasteiger partial charge in [-0.15, -0.1) is 0 Å². The van der Waals surface area contributed by atoms with Crippen molar-refractivity contribution in [3.63, 3.8) is 0 Å². The second-order valence-electron chi connectivity index (χ2n) is 7.38. The summed E-state index contributed by atoms with van der Waals surface area (Å²) in [6.45, 7) is 5.75. The standard InChI is InChI=1S/C19H31N3O2/c1-14(2)11-16(12-21(3)4)20-19(24)22-10-9-15-7-5-6-8-17(15)18(22)13-23/h5-8,14,16,18,23H,9-13H2,1-4H3,(H,20,24). The molecule has 0 saturated heterocycles. The van der Waals surface area contributed by atoms with Gasteiger partial charge in [0.05, 0.1) is 12.6 Å². The quantitative estimate of drug-likeness (QED) is 0.840. The summed E-state index contributed by atoms with van der Waals surface area (Å²) in [5.41, 5.74) is 2.29. The first-order chi connectivity index (χ1) is 11.4. The molecule has 0 aliphatic carbocycles. The van der Waals surface area contributed by atoms with Gasteiger partial charge in [-0.2, -0.15) is 0 Å². The predicted molar refractivity (Wildman–Crippen MR) is 97.0 cm³/mol. The van der Waals surface area contributed by atoms with Crippen molar-refractivity contribution in [1.29, 1.82) is 0 Å². The zero-order valence-electron chi connectivity index (χ0n) is 15.3. The number of nitrogens with one attached hydrogen (secondary N) is 1. The van der Waals surface area contributed by atoms with Gasteiger partial charge in [0, 0.05) is 19.1 Å². The zero-order valence-corrected chi connectivity index (χ0v) is 15.3. The zero-order chi connectivity index (χ0) is 17.7. The van der Waals surface area contributed by atoms with Crippen LogP contribution in [0.2, 0.25) is 0 Å². The SMILES string of the molecule is CC(C)CC(CN(C)C)NC(=O)N1CCc2ccccc2C1CO. The topological polar surface area (TPSA) is 55.8 Å². The summed E-state index contributed by atoms with van der Waals surface area (Å²) in [6.07, 6.45) is 1.78. The van der Waals surface area contributed by atoms with Crippen LogP contribution >= 0.6 is 0 Å². The summed E-state index contributed by atoms with van der Waals surface area (Å²) < 4.78 is 0. The Morgan fingerprint density at radius 2 is 2.08 bits per heavy atom. The van der Waals surface area contributed by atoms with E-state index in [9.17, 15) is 9.90 Å². The number of aliphatic hydroxyl groups is 1. The van der Waals surface area contributed by atoms with Crippen molar-refractivity contribution in [1.82, 2.24) is 15.1 Å². The highest BCUT2D eigenvalue weighted by Crippen LogP contribution is 2.29. The first-order valence-electron chi connectivity index (χ1n) is 8.82. The molecule has 0 aromatic heterocycles. The Labute approximate surface area is 145 Å². The Balaban J connectivity index is 2.10. The minimum Gasteiger partial charge on any atom is -0.394 e. The van der Waals surface area contributed by atoms with Crippen molar-refractivity contribution in [2.24, 2.45) is 5.92 Å². The summed E-state index contributed by atoms with van der Waals surface area (Å²) in [4.78, 5) is 16.7. The largest absolute Gasteiger partial charge is 0.394 e. The van der Waals surface area contributed by atoms with Crippen molar-refractivity contribution in [2.45, 2.75) is 38.8 Å². The van der Waals surface area contributed by atoms with Crippen molar-refractivity contribution in [3.05, 3.63) is 35.4 Å². The molecule has 134 valence electrons. The molecule has 1 aromatic carbocycles. The molecular weight excluding hydrogens is 302 g/mol. The summed E-state index contributed by atoms with van der Waals surface area (Å²) in [7, 11) is 4.04. The Kier molecular flexibility index (Phi) is 6.63. The lowest BCUT2D eigenvalue weighted by Gasteiger charge is -2.37. The van der Waals surface area contributed by atoms with Crippen LogP contribution in [0.15, 0.2) is 24.3 Å². The van der Waals surface area contributed by atoms with Crippen LogP contribution in [-0.2, 0) is 6.42 Å². The van der Waals surface area contributed by atoms with Gasteiger partial charge in [0.2, 0.25) is 0 Å². The average molecular weight is 333 g/mol. The molecule has 2 amide bonds. The first-order valence-corrected chi connectivity index (χ1v) is 8.82. The van der Waals surface area contributed by atoms with Gasteiger partial charge in [-0.3, -0.25) is 0 Å². The number of hydrogen-bond donors (Lipinski definition) is 2. The molecule has 1 aromatic rings. The molecule has 5 heteroatoms. The van der Waals surface area contributed by atoms with Crippen LogP contribution in [0, 0.1) is 5.92 Å². The number of urea groups is 1. The van der Waals surface area contributed by atoms with E-state index in [0.717, 1.165) is 24.9 Å². The van der Waals surface area contributed by atoms with Crippen LogP contribution in [0.3, 0.4) is 0 Å². The lowest BCUT2D eigenvalue weighted by molar-refractivity contribution is 0.122. The second-order valence-corrected chi connectivity index (χ2v) is 7.38. The van der Waals surface area contributed by atoms with Crippen LogP contribution in [0.1, 0.15) is 37.4 Å². The monoisotopic (exact) mass is 333 g/mol. The molecule has 2 unspecified atom stereocenters. The van der Waals surface area contributed by atoms with Gasteiger partial charge in [0.15, 0.2) is 0 Å². The Morgan fingerprint density at radius 1 is 1.38 bits per heavy atom. The highest BCUT2D eigenvalue weighted by molar-refractivity contribution is 5.75. The highest BCUT2D eigenvalue weighted by atomic mass is 16.3. The molecule has 0 spiro atoms. The molecule has 5 nitrogen and oxygen atoms in total. The van der Waals surface area contributed by atoms with E-state index in [2.05, 4.69) is 30.1 Å². The van der Waals surface area contributed by atoms with Crippen LogP contribution in [0.25, 0.3) is 0 Å². The number of amides is 2. The van der Waals surface area contributed by atoms with Crippen molar-refractivity contribution in [3.8, 4) is 0 Å². The number of carbonyl (C=O) groups is 1. The van der Waals surface area contributed by atoms with Crippen LogP contribution < -0.4 is 5.32 Å². The molecule has 1 heterocycles. The molecule has 0 saturated carbocycles. The van der Waals surface area contributed by atoms with Crippen LogP contribution in [0.5, 0.6) is 0 Å². The normalized spacial score (nSPS) is 18.6. The summed E-state index contributed by atoms with van der Waals surface area (Å²) in [6, 6.07) is 7.87. The Morgan fingerprint density at radius 3 is 2.71 bits per heavy atom. The van der Waals surface area contributed by atoms with Gasteiger partial charge < -0.3 is 20.2 Å². The van der Waals surface area contributed by atoms with E-state index < -0.39 is 0 Å². The predicted octanol–water partition coefficient (Wildman–Crippen LogP) is 2.26. The van der Waals surface area contributed by atoms with Crippen molar-refractivity contribution < 1.29 is 9.90 Å². The van der Waals surface area contributed by atoms with E-state index >= 15 is 0 Å². The van der Waals surface area contributed by atoms with Crippen LogP contribution in [0.4, 0.5) is 4.79 Å². The fraction of sp³-hybridized carbons (Fsp3) is 0.632. The molecule has 0 fully saturated rings. The maximum atomic E-state index is 12.8. The maximum absolute atomic E-state index is 12.8. The van der Waals surface area contributed by atoms with Crippen LogP contribution in [-0.4, -0.2) is 60.8 Å². The number of carbonyl (C=O) groups excluding carboxylic acids is 1. The molecule has 0 bridgehead atoms. The lowest BCUT2D eigenvalue weighted by Crippen LogP contribution is -2.52. The number of likely N-dealkylation sites (N-methyl/N-ethyl adjacent to an activating group) is 1. The van der Waals surface area contributed by atoms with Gasteiger partial charge in [-0.25, -0.2) is 4.79 Å². The molecule has 2 atom stereocenters. The van der Waals surface area contributed by atoms with Gasteiger partial charge in [-0.1, -0.05) is 38.1 Å². The molecule has 1 aliphatic heterocycles. The third kappa shape index (κ3) is 4.71. The van der Waals surface area contributed by atoms with Gasteiger partial charge >= 0.3 is 6.03 Å². The molecule has 2 rings (SSSR count). The molecule has 2 N–H and O–H groups in total. The molecule has 1 aliphatic rings. The molecular formula is C19H31N3O2. The second kappa shape index (κ2) is 8.49. The third-order valence-corrected chi connectivity index (χ3v) is 4.52. The van der Waals surface area contributed by atoms with E-state index in [1.54, 1.807) is 4.90 Å². The number of aliphatic hydroxyl groups excluding tert-OH is 1. The summed E-state index contributed by atoms with van der Waals surface area (Å²) in [5.74, 6) is 0.519. The van der Waals surface area contributed by atoms with E-state index in [-0.39, 0.29) is 24.7 Å². The van der Waals surface area contributed by atoms with Gasteiger partial charge in [0.25, 0.3) is 0 Å². The number of hydrogen-bond acceptors (Lipinski definition) is 3. The Hall–Kier alpha value is -1.59. The number of benzene rings is 1. The van der Waals surface area contributed by atoms with E-state index in [0.29, 0.717) is 12.5 Å². The maximum Gasteiger partial charge on any atom is 0.318 e. The van der Waals surface area contributed by atoms with E-state index in [1.807, 2.05) is 32.3 Å². The molecule has 24 heavy (non-hydrogen) atoms. The van der Waals surface area contributed by atoms with Gasteiger partial charge in [-0.05, 0) is 44.0 Å². The summed E-state index contributed by atoms with van der Waals surface area (Å²) in [5, 5.41) is 13.0. The van der Waals surface area contributed by atoms with E-state index in [4.69, 9.17) is 0 Å². The minimum absolute atomic E-state index is 0.0486. The third-order valence-electron chi connectivity index (χ3n) is 4.52. The number of rotatable bonds is 6. The smallest absolute Gasteiger partial charge is 0.318 e. The number of fused-ring (bicyclic) bond motifs is 1. The Bertz CT molecular complexity index is 535. The lowest BCUT2D eigenvalue weighted by atomic mass is 9.93. The summed E-state index contributed by atoms with van der Waals surface area (Å²) >= 11 is 0. The van der Waals surface area contributed by atoms with Crippen molar-refractivity contribution in [2.75, 3.05) is 33.8 Å². The average Bonchev–Trinajstić information content (AvgIpc) is 2.52. The van der Waals surface area contributed by atoms with Gasteiger partial charge in [0.1, 0.15) is 0 Å². The molecule has 0 radical (unpaired) electrons. The highest BCUT2D eigenvalue weighted by Gasteiger charge is 2.31. The fourth-order valence-corrected chi connectivity index (χ4v) is 3.54. The number of nitrogens with zero attached hydrogens (tertiary/aromatic N) is 2. The van der Waals surface area contributed by atoms with Crippen molar-refractivity contribution >= 4 is 6.03 Å². The first kappa shape index (κ1) is 18.7. The van der Waals surface area contributed by atoms with E-state index in [1.165, 1.54) is 5.56 Å². The minimum atomic E-state index is -0.256. The fourth-order valence-electron chi connectivity index (χ4n) is 3.54.